The molecule has 3 rings (SSSR count). The van der Waals surface area contributed by atoms with Crippen molar-refractivity contribution in [3.05, 3.63) is 66.4 Å². The van der Waals surface area contributed by atoms with Crippen LogP contribution in [-0.2, 0) is 6.54 Å². The Morgan fingerprint density at radius 3 is 2.83 bits per heavy atom. The molecule has 0 N–H and O–H groups in total. The van der Waals surface area contributed by atoms with Crippen LogP contribution in [0, 0.1) is 18.3 Å². The molecule has 0 aliphatic heterocycles. The summed E-state index contributed by atoms with van der Waals surface area (Å²) in [6.07, 6.45) is 1.81. The maximum Gasteiger partial charge on any atom is 0.198 e. The SMILES string of the molecule is C=CCn1c(Sc2cccc(C#N)n2)nnc1-c1cccc(C)c1. The molecule has 0 radical (unpaired) electrons. The second kappa shape index (κ2) is 7.11. The summed E-state index contributed by atoms with van der Waals surface area (Å²) in [5, 5.41) is 19.0. The predicted octanol–water partition coefficient (Wildman–Crippen LogP) is 3.86. The van der Waals surface area contributed by atoms with E-state index in [1.807, 2.05) is 54.0 Å². The van der Waals surface area contributed by atoms with Crippen LogP contribution in [0.15, 0.2) is 65.3 Å². The van der Waals surface area contributed by atoms with Crippen LogP contribution < -0.4 is 0 Å². The Labute approximate surface area is 144 Å². The number of hydrogen-bond acceptors (Lipinski definition) is 5. The number of pyridine rings is 1. The predicted molar refractivity (Wildman–Crippen MR) is 93.5 cm³/mol. The number of nitrogens with zero attached hydrogens (tertiary/aromatic N) is 5. The number of benzene rings is 1. The molecule has 1 aromatic carbocycles. The van der Waals surface area contributed by atoms with Gasteiger partial charge in [0.25, 0.3) is 0 Å². The van der Waals surface area contributed by atoms with Crippen molar-refractivity contribution in [2.45, 2.75) is 23.7 Å². The smallest absolute Gasteiger partial charge is 0.198 e. The van der Waals surface area contributed by atoms with E-state index >= 15 is 0 Å². The van der Waals surface area contributed by atoms with Crippen molar-refractivity contribution in [1.29, 1.82) is 5.26 Å². The van der Waals surface area contributed by atoms with E-state index < -0.39 is 0 Å². The first-order chi connectivity index (χ1) is 11.7. The van der Waals surface area contributed by atoms with E-state index in [-0.39, 0.29) is 0 Å². The highest BCUT2D eigenvalue weighted by Crippen LogP contribution is 2.28. The summed E-state index contributed by atoms with van der Waals surface area (Å²) in [5.74, 6) is 0.789. The van der Waals surface area contributed by atoms with Crippen LogP contribution in [-0.4, -0.2) is 19.7 Å². The lowest BCUT2D eigenvalue weighted by molar-refractivity contribution is 0.730. The number of hydrogen-bond donors (Lipinski definition) is 0. The Morgan fingerprint density at radius 1 is 1.25 bits per heavy atom. The van der Waals surface area contributed by atoms with Crippen LogP contribution in [0.3, 0.4) is 0 Å². The largest absolute Gasteiger partial charge is 0.298 e. The van der Waals surface area contributed by atoms with Crippen LogP contribution in [0.4, 0.5) is 0 Å². The molecule has 0 aliphatic rings. The van der Waals surface area contributed by atoms with Gasteiger partial charge in [-0.3, -0.25) is 4.57 Å². The molecule has 0 bridgehead atoms. The van der Waals surface area contributed by atoms with Crippen molar-refractivity contribution in [2.24, 2.45) is 0 Å². The van der Waals surface area contributed by atoms with E-state index in [2.05, 4.69) is 27.8 Å². The van der Waals surface area contributed by atoms with Gasteiger partial charge < -0.3 is 0 Å². The van der Waals surface area contributed by atoms with Crippen molar-refractivity contribution in [3.8, 4) is 17.5 Å². The van der Waals surface area contributed by atoms with E-state index in [0.717, 1.165) is 11.4 Å². The third-order valence-electron chi connectivity index (χ3n) is 3.34. The minimum absolute atomic E-state index is 0.383. The first-order valence-electron chi connectivity index (χ1n) is 7.37. The zero-order valence-electron chi connectivity index (χ0n) is 13.2. The maximum atomic E-state index is 8.98. The number of aromatic nitrogens is 4. The minimum Gasteiger partial charge on any atom is -0.298 e. The Kier molecular flexibility index (Phi) is 4.73. The van der Waals surface area contributed by atoms with Crippen molar-refractivity contribution >= 4 is 11.8 Å². The summed E-state index contributed by atoms with van der Waals surface area (Å²) in [5.41, 5.74) is 2.56. The van der Waals surface area contributed by atoms with Gasteiger partial charge in [-0.05, 0) is 36.9 Å². The number of allylic oxidation sites excluding steroid dienone is 1. The van der Waals surface area contributed by atoms with Gasteiger partial charge in [0.05, 0.1) is 0 Å². The van der Waals surface area contributed by atoms with Gasteiger partial charge >= 0.3 is 0 Å². The van der Waals surface area contributed by atoms with Crippen LogP contribution in [0.5, 0.6) is 0 Å². The van der Waals surface area contributed by atoms with E-state index in [1.165, 1.54) is 17.3 Å². The van der Waals surface area contributed by atoms with E-state index in [1.54, 1.807) is 6.07 Å². The van der Waals surface area contributed by atoms with Crippen molar-refractivity contribution in [1.82, 2.24) is 19.7 Å². The summed E-state index contributed by atoms with van der Waals surface area (Å²) >= 11 is 1.38. The molecule has 0 spiro atoms. The van der Waals surface area contributed by atoms with Crippen LogP contribution in [0.2, 0.25) is 0 Å². The first-order valence-corrected chi connectivity index (χ1v) is 8.19. The molecule has 5 nitrogen and oxygen atoms in total. The lowest BCUT2D eigenvalue weighted by Crippen LogP contribution is -2.01. The molecule has 0 saturated carbocycles. The highest BCUT2D eigenvalue weighted by molar-refractivity contribution is 7.99. The number of aryl methyl sites for hydroxylation is 1. The average Bonchev–Trinajstić information content (AvgIpc) is 2.98. The van der Waals surface area contributed by atoms with Gasteiger partial charge in [0.15, 0.2) is 11.0 Å². The van der Waals surface area contributed by atoms with Crippen molar-refractivity contribution in [3.63, 3.8) is 0 Å². The molecule has 2 aromatic heterocycles. The quantitative estimate of drug-likeness (QED) is 0.663. The number of nitriles is 1. The summed E-state index contributed by atoms with van der Waals surface area (Å²) in [6.45, 7) is 6.46. The van der Waals surface area contributed by atoms with E-state index in [9.17, 15) is 0 Å². The van der Waals surface area contributed by atoms with Gasteiger partial charge in [0.2, 0.25) is 0 Å². The number of rotatable bonds is 5. The second-order valence-electron chi connectivity index (χ2n) is 5.15. The monoisotopic (exact) mass is 333 g/mol. The molecular formula is C18H15N5S. The molecule has 0 fully saturated rings. The van der Waals surface area contributed by atoms with E-state index in [4.69, 9.17) is 5.26 Å². The lowest BCUT2D eigenvalue weighted by atomic mass is 10.1. The van der Waals surface area contributed by atoms with Crippen molar-refractivity contribution in [2.75, 3.05) is 0 Å². The van der Waals surface area contributed by atoms with Gasteiger partial charge in [-0.2, -0.15) is 5.26 Å². The highest BCUT2D eigenvalue weighted by Gasteiger charge is 2.15. The minimum atomic E-state index is 0.383. The molecule has 0 saturated heterocycles. The summed E-state index contributed by atoms with van der Waals surface area (Å²) in [7, 11) is 0. The molecule has 6 heteroatoms. The Bertz CT molecular complexity index is 923. The molecule has 0 aliphatic carbocycles. The van der Waals surface area contributed by atoms with Crippen molar-refractivity contribution < 1.29 is 0 Å². The molecule has 24 heavy (non-hydrogen) atoms. The fraction of sp³-hybridized carbons (Fsp3) is 0.111. The topological polar surface area (TPSA) is 67.4 Å². The molecule has 0 unspecified atom stereocenters. The molecular weight excluding hydrogens is 318 g/mol. The van der Waals surface area contributed by atoms with Crippen LogP contribution in [0.25, 0.3) is 11.4 Å². The molecule has 0 atom stereocenters. The summed E-state index contributed by atoms with van der Waals surface area (Å²) < 4.78 is 1.99. The van der Waals surface area contributed by atoms with Gasteiger partial charge in [-0.1, -0.05) is 35.9 Å². The summed E-state index contributed by atoms with van der Waals surface area (Å²) in [4.78, 5) is 4.28. The standard InChI is InChI=1S/C18H15N5S/c1-3-10-23-17(14-7-4-6-13(2)11-14)21-22-18(23)24-16-9-5-8-15(12-19)20-16/h3-9,11H,1,10H2,2H3. The molecule has 3 aromatic rings. The van der Waals surface area contributed by atoms with Crippen LogP contribution in [0.1, 0.15) is 11.3 Å². The normalized spacial score (nSPS) is 10.3. The fourth-order valence-electron chi connectivity index (χ4n) is 2.28. The Hall–Kier alpha value is -2.91. The van der Waals surface area contributed by atoms with Gasteiger partial charge in [-0.25, -0.2) is 4.98 Å². The highest BCUT2D eigenvalue weighted by atomic mass is 32.2. The first kappa shape index (κ1) is 16.0. The Balaban J connectivity index is 1.99. The third-order valence-corrected chi connectivity index (χ3v) is 4.26. The van der Waals surface area contributed by atoms with Gasteiger partial charge in [0, 0.05) is 12.1 Å². The molecule has 2 heterocycles. The zero-order valence-corrected chi connectivity index (χ0v) is 14.0. The van der Waals surface area contributed by atoms with Crippen LogP contribution >= 0.6 is 11.8 Å². The fourth-order valence-corrected chi connectivity index (χ4v) is 3.11. The molecule has 0 amide bonds. The van der Waals surface area contributed by atoms with E-state index in [0.29, 0.717) is 22.4 Å². The Morgan fingerprint density at radius 2 is 2.08 bits per heavy atom. The zero-order chi connectivity index (χ0) is 16.9. The molecule has 118 valence electrons. The van der Waals surface area contributed by atoms with Gasteiger partial charge in [0.1, 0.15) is 16.8 Å². The maximum absolute atomic E-state index is 8.98. The lowest BCUT2D eigenvalue weighted by Gasteiger charge is -2.08. The third kappa shape index (κ3) is 3.36. The van der Waals surface area contributed by atoms with Gasteiger partial charge in [-0.15, -0.1) is 16.8 Å². The average molecular weight is 333 g/mol. The summed E-state index contributed by atoms with van der Waals surface area (Å²) in [6, 6.07) is 15.5. The second-order valence-corrected chi connectivity index (χ2v) is 6.14.